The van der Waals surface area contributed by atoms with Crippen molar-refractivity contribution in [1.29, 1.82) is 0 Å². The van der Waals surface area contributed by atoms with Gasteiger partial charge in [-0.3, -0.25) is 19.3 Å². The van der Waals surface area contributed by atoms with Gasteiger partial charge in [-0.2, -0.15) is 13.2 Å². The Balaban J connectivity index is 1.38. The molecule has 5 rings (SSSR count). The summed E-state index contributed by atoms with van der Waals surface area (Å²) in [6.07, 6.45) is 0.254. The van der Waals surface area contributed by atoms with E-state index in [0.717, 1.165) is 54.4 Å². The zero-order valence-electron chi connectivity index (χ0n) is 21.6. The molecule has 3 aliphatic rings. The average molecular weight is 599 g/mol. The van der Waals surface area contributed by atoms with Gasteiger partial charge in [0, 0.05) is 31.4 Å². The first-order chi connectivity index (χ1) is 19.1. The Bertz CT molecular complexity index is 1260. The number of amides is 3. The second-order valence-corrected chi connectivity index (χ2v) is 12.1. The number of benzene rings is 1. The fraction of sp³-hybridized carbons (Fsp3) is 0.519. The third kappa shape index (κ3) is 6.79. The number of carbonyl (C=O) groups excluding carboxylic acids is 3. The number of morpholine rings is 1. The quantitative estimate of drug-likeness (QED) is 0.411. The number of hydrogen-bond acceptors (Lipinski definition) is 6. The smallest absolute Gasteiger partial charge is 0.370 e. The van der Waals surface area contributed by atoms with Crippen molar-refractivity contribution in [2.75, 3.05) is 43.1 Å². The van der Waals surface area contributed by atoms with Crippen molar-refractivity contribution in [2.24, 2.45) is 5.92 Å². The fourth-order valence-corrected chi connectivity index (χ4v) is 5.96. The molecule has 0 unspecified atom stereocenters. The van der Waals surface area contributed by atoms with E-state index in [2.05, 4.69) is 15.5 Å². The Morgan fingerprint density at radius 1 is 1.18 bits per heavy atom. The van der Waals surface area contributed by atoms with E-state index in [1.807, 2.05) is 0 Å². The van der Waals surface area contributed by atoms with Crippen LogP contribution in [0.25, 0.3) is 0 Å². The van der Waals surface area contributed by atoms with Gasteiger partial charge >= 0.3 is 6.18 Å². The summed E-state index contributed by atoms with van der Waals surface area (Å²) in [6.45, 7) is 0.525. The summed E-state index contributed by atoms with van der Waals surface area (Å²) in [7, 11) is 0. The lowest BCUT2D eigenvalue weighted by atomic mass is 9.89. The highest BCUT2D eigenvalue weighted by atomic mass is 35.5. The van der Waals surface area contributed by atoms with Crippen LogP contribution < -0.4 is 15.5 Å². The van der Waals surface area contributed by atoms with Gasteiger partial charge in [-0.25, -0.2) is 0 Å². The molecule has 0 radical (unpaired) electrons. The molecule has 0 spiro atoms. The van der Waals surface area contributed by atoms with Gasteiger partial charge in [0.15, 0.2) is 0 Å². The topological polar surface area (TPSA) is 91.0 Å². The maximum Gasteiger partial charge on any atom is 0.418 e. The van der Waals surface area contributed by atoms with Gasteiger partial charge in [0.25, 0.3) is 11.8 Å². The van der Waals surface area contributed by atoms with E-state index in [1.54, 1.807) is 12.1 Å². The molecule has 0 bridgehead atoms. The van der Waals surface area contributed by atoms with Crippen LogP contribution in [0.15, 0.2) is 30.3 Å². The number of halogens is 4. The van der Waals surface area contributed by atoms with Crippen LogP contribution >= 0.6 is 22.9 Å². The third-order valence-electron chi connectivity index (χ3n) is 7.51. The lowest BCUT2D eigenvalue weighted by Crippen LogP contribution is -2.56. The molecule has 40 heavy (non-hydrogen) atoms. The van der Waals surface area contributed by atoms with E-state index >= 15 is 0 Å². The number of thiophene rings is 1. The molecule has 1 saturated heterocycles. The van der Waals surface area contributed by atoms with Crippen molar-refractivity contribution in [2.45, 2.75) is 50.4 Å². The lowest BCUT2D eigenvalue weighted by molar-refractivity contribution is -0.137. The van der Waals surface area contributed by atoms with Gasteiger partial charge in [-0.15, -0.1) is 11.3 Å². The van der Waals surface area contributed by atoms with Crippen molar-refractivity contribution in [3.8, 4) is 0 Å². The van der Waals surface area contributed by atoms with Crippen LogP contribution in [-0.4, -0.2) is 67.6 Å². The second-order valence-electron chi connectivity index (χ2n) is 10.4. The van der Waals surface area contributed by atoms with E-state index < -0.39 is 29.6 Å². The van der Waals surface area contributed by atoms with Crippen molar-refractivity contribution in [3.63, 3.8) is 0 Å². The summed E-state index contributed by atoms with van der Waals surface area (Å²) < 4.78 is 47.7. The molecule has 8 nitrogen and oxygen atoms in total. The van der Waals surface area contributed by atoms with Gasteiger partial charge in [-0.1, -0.05) is 18.0 Å². The molecular weight excluding hydrogens is 569 g/mol. The molecule has 2 heterocycles. The van der Waals surface area contributed by atoms with E-state index in [4.69, 9.17) is 16.3 Å². The lowest BCUT2D eigenvalue weighted by Gasteiger charge is -2.42. The SMILES string of the molecule is O=C(NC[C@@H](C(=O)Nc1ccc(N2CCOCC2=O)c(C(F)(F)F)c1)N(CC1CC1)C1CCC1)c1ccc(Cl)s1. The highest BCUT2D eigenvalue weighted by molar-refractivity contribution is 7.18. The molecule has 216 valence electrons. The Labute approximate surface area is 238 Å². The molecule has 13 heteroatoms. The van der Waals surface area contributed by atoms with E-state index in [1.165, 1.54) is 12.1 Å². The average Bonchev–Trinajstić information content (AvgIpc) is 3.59. The summed E-state index contributed by atoms with van der Waals surface area (Å²) in [4.78, 5) is 42.2. The molecule has 3 amide bonds. The molecular formula is C27H30ClF3N4O4S. The fourth-order valence-electron chi connectivity index (χ4n) is 5.00. The van der Waals surface area contributed by atoms with Crippen LogP contribution in [0, 0.1) is 5.92 Å². The van der Waals surface area contributed by atoms with E-state index in [9.17, 15) is 27.6 Å². The van der Waals surface area contributed by atoms with Gasteiger partial charge in [0.1, 0.15) is 12.6 Å². The van der Waals surface area contributed by atoms with Crippen LogP contribution in [-0.2, 0) is 20.5 Å². The van der Waals surface area contributed by atoms with Crippen LogP contribution in [0.3, 0.4) is 0 Å². The minimum absolute atomic E-state index is 0.00234. The summed E-state index contributed by atoms with van der Waals surface area (Å²) in [6, 6.07) is 6.03. The number of nitrogens with zero attached hydrogens (tertiary/aromatic N) is 2. The van der Waals surface area contributed by atoms with Crippen LogP contribution in [0.1, 0.15) is 47.3 Å². The molecule has 1 aromatic carbocycles. The summed E-state index contributed by atoms with van der Waals surface area (Å²) >= 11 is 7.09. The number of carbonyl (C=O) groups is 3. The Morgan fingerprint density at radius 3 is 2.55 bits per heavy atom. The van der Waals surface area contributed by atoms with Gasteiger partial charge in [0.05, 0.1) is 27.1 Å². The van der Waals surface area contributed by atoms with Crippen molar-refractivity contribution in [1.82, 2.24) is 10.2 Å². The molecule has 1 aromatic heterocycles. The second kappa shape index (κ2) is 12.1. The minimum atomic E-state index is -4.76. The molecule has 2 saturated carbocycles. The molecule has 2 aliphatic carbocycles. The number of nitrogens with one attached hydrogen (secondary N) is 2. The zero-order valence-corrected chi connectivity index (χ0v) is 23.2. The number of alkyl halides is 3. The molecule has 1 atom stereocenters. The van der Waals surface area contributed by atoms with Crippen LogP contribution in [0.2, 0.25) is 4.34 Å². The Hall–Kier alpha value is -2.67. The van der Waals surface area contributed by atoms with Gasteiger partial charge in [-0.05, 0) is 61.9 Å². The maximum atomic E-state index is 14.1. The minimum Gasteiger partial charge on any atom is -0.370 e. The number of hydrogen-bond donors (Lipinski definition) is 2. The summed E-state index contributed by atoms with van der Waals surface area (Å²) in [5, 5.41) is 5.49. The molecule has 1 aliphatic heterocycles. The summed E-state index contributed by atoms with van der Waals surface area (Å²) in [5.74, 6) is -0.966. The van der Waals surface area contributed by atoms with Crippen LogP contribution in [0.4, 0.5) is 24.5 Å². The third-order valence-corrected chi connectivity index (χ3v) is 8.74. The first kappa shape index (κ1) is 28.8. The standard InChI is InChI=1S/C27H30ClF3N4O4S/c28-23-9-8-22(40-23)26(38)32-13-21(35(14-16-4-5-16)18-2-1-3-18)25(37)33-17-6-7-20(19(12-17)27(29,30)31)34-10-11-39-15-24(34)36/h6-9,12,16,18,21H,1-5,10-11,13-15H2,(H,32,38)(H,33,37)/t21-/m0/s1. The first-order valence-electron chi connectivity index (χ1n) is 13.3. The number of rotatable bonds is 10. The van der Waals surface area contributed by atoms with Crippen molar-refractivity contribution in [3.05, 3.63) is 45.1 Å². The Kier molecular flexibility index (Phi) is 8.69. The van der Waals surface area contributed by atoms with Crippen molar-refractivity contribution < 1.29 is 32.3 Å². The highest BCUT2D eigenvalue weighted by Gasteiger charge is 2.40. The number of ether oxygens (including phenoxy) is 1. The maximum absolute atomic E-state index is 14.1. The molecule has 2 N–H and O–H groups in total. The first-order valence-corrected chi connectivity index (χ1v) is 14.5. The predicted octanol–water partition coefficient (Wildman–Crippen LogP) is 4.79. The normalized spacial score (nSPS) is 18.9. The van der Waals surface area contributed by atoms with Crippen LogP contribution in [0.5, 0.6) is 0 Å². The largest absolute Gasteiger partial charge is 0.418 e. The van der Waals surface area contributed by atoms with E-state index in [-0.39, 0.29) is 49.6 Å². The van der Waals surface area contributed by atoms with Crippen molar-refractivity contribution >= 4 is 52.0 Å². The Morgan fingerprint density at radius 2 is 1.95 bits per heavy atom. The predicted molar refractivity (Wildman–Crippen MR) is 146 cm³/mol. The van der Waals surface area contributed by atoms with Gasteiger partial charge in [0.2, 0.25) is 5.91 Å². The molecule has 2 aromatic rings. The molecule has 3 fully saturated rings. The highest BCUT2D eigenvalue weighted by Crippen LogP contribution is 2.39. The van der Waals surface area contributed by atoms with Gasteiger partial charge < -0.3 is 20.3 Å². The zero-order chi connectivity index (χ0) is 28.4. The summed E-state index contributed by atoms with van der Waals surface area (Å²) in [5.41, 5.74) is -1.33. The van der Waals surface area contributed by atoms with E-state index in [0.29, 0.717) is 21.7 Å². The number of anilines is 2. The monoisotopic (exact) mass is 598 g/mol.